The molecule has 0 bridgehead atoms. The Morgan fingerprint density at radius 2 is 1.79 bits per heavy atom. The zero-order valence-corrected chi connectivity index (χ0v) is 16.7. The minimum absolute atomic E-state index is 0.00817. The fraction of sp³-hybridized carbons (Fsp3) is 0.579. The van der Waals surface area contributed by atoms with Crippen molar-refractivity contribution in [1.29, 1.82) is 0 Å². The first-order valence-corrected chi connectivity index (χ1v) is 11.5. The SMILES string of the molecule is O=C(Nc1ccc(C(=O)N2CCS(=O)(=O)CC2)c(N2CCC(F)(F)C2)c1)C1CC1. The van der Waals surface area contributed by atoms with Crippen molar-refractivity contribution in [3.63, 3.8) is 0 Å². The van der Waals surface area contributed by atoms with Gasteiger partial charge in [-0.1, -0.05) is 0 Å². The minimum atomic E-state index is -3.15. The fourth-order valence-corrected chi connectivity index (χ4v) is 4.87. The predicted molar refractivity (Wildman–Crippen MR) is 104 cm³/mol. The lowest BCUT2D eigenvalue weighted by Gasteiger charge is -2.29. The van der Waals surface area contributed by atoms with Crippen LogP contribution in [0.5, 0.6) is 0 Å². The molecule has 2 heterocycles. The van der Waals surface area contributed by atoms with E-state index in [1.165, 1.54) is 15.9 Å². The quantitative estimate of drug-likeness (QED) is 0.791. The number of rotatable bonds is 4. The number of anilines is 2. The smallest absolute Gasteiger partial charge is 0.266 e. The molecule has 0 atom stereocenters. The molecule has 0 spiro atoms. The molecule has 4 rings (SSSR count). The Morgan fingerprint density at radius 1 is 1.10 bits per heavy atom. The van der Waals surface area contributed by atoms with Crippen molar-refractivity contribution in [2.24, 2.45) is 5.92 Å². The average molecular weight is 427 g/mol. The third kappa shape index (κ3) is 4.52. The van der Waals surface area contributed by atoms with Gasteiger partial charge in [0.25, 0.3) is 11.8 Å². The third-order valence-corrected chi connectivity index (χ3v) is 7.19. The Kier molecular flexibility index (Phi) is 5.00. The molecular weight excluding hydrogens is 404 g/mol. The zero-order valence-electron chi connectivity index (χ0n) is 15.9. The van der Waals surface area contributed by atoms with Gasteiger partial charge in [0, 0.05) is 37.7 Å². The number of nitrogens with zero attached hydrogens (tertiary/aromatic N) is 2. The predicted octanol–water partition coefficient (Wildman–Crippen LogP) is 1.75. The summed E-state index contributed by atoms with van der Waals surface area (Å²) < 4.78 is 50.9. The topological polar surface area (TPSA) is 86.8 Å². The molecule has 3 aliphatic rings. The van der Waals surface area contributed by atoms with Crippen LogP contribution in [0.3, 0.4) is 0 Å². The highest BCUT2D eigenvalue weighted by Crippen LogP contribution is 2.36. The van der Waals surface area contributed by atoms with Gasteiger partial charge in [-0.05, 0) is 31.0 Å². The summed E-state index contributed by atoms with van der Waals surface area (Å²) in [5, 5.41) is 2.79. The molecule has 1 aliphatic carbocycles. The van der Waals surface area contributed by atoms with E-state index in [-0.39, 0.29) is 60.9 Å². The van der Waals surface area contributed by atoms with Crippen molar-refractivity contribution < 1.29 is 26.8 Å². The maximum atomic E-state index is 13.8. The molecule has 1 N–H and O–H groups in total. The minimum Gasteiger partial charge on any atom is -0.365 e. The highest BCUT2D eigenvalue weighted by atomic mass is 32.2. The lowest BCUT2D eigenvalue weighted by Crippen LogP contribution is -2.44. The largest absolute Gasteiger partial charge is 0.365 e. The standard InChI is InChI=1S/C19H23F2N3O4S/c20-19(21)5-6-24(12-19)16-11-14(22-17(25)13-1-2-13)3-4-15(16)18(26)23-7-9-29(27,28)10-8-23/h3-4,11,13H,1-2,5-10,12H2,(H,22,25). The fourth-order valence-electron chi connectivity index (χ4n) is 3.67. The molecule has 1 aromatic rings. The molecule has 158 valence electrons. The van der Waals surface area contributed by atoms with Crippen molar-refractivity contribution in [1.82, 2.24) is 4.90 Å². The molecule has 3 fully saturated rings. The Morgan fingerprint density at radius 3 is 2.38 bits per heavy atom. The normalized spacial score (nSPS) is 23.1. The number of halogens is 2. The Bertz CT molecular complexity index is 933. The van der Waals surface area contributed by atoms with E-state index in [9.17, 15) is 26.8 Å². The van der Waals surface area contributed by atoms with Crippen molar-refractivity contribution in [2.75, 3.05) is 47.9 Å². The van der Waals surface area contributed by atoms with Crippen molar-refractivity contribution in [3.8, 4) is 0 Å². The molecule has 29 heavy (non-hydrogen) atoms. The van der Waals surface area contributed by atoms with Gasteiger partial charge in [0.1, 0.15) is 0 Å². The summed E-state index contributed by atoms with van der Waals surface area (Å²) in [5.41, 5.74) is 1.05. The van der Waals surface area contributed by atoms with E-state index in [0.717, 1.165) is 12.8 Å². The number of alkyl halides is 2. The highest BCUT2D eigenvalue weighted by Gasteiger charge is 2.40. The summed E-state index contributed by atoms with van der Waals surface area (Å²) in [7, 11) is -3.15. The third-order valence-electron chi connectivity index (χ3n) is 5.59. The van der Waals surface area contributed by atoms with Gasteiger partial charge in [-0.15, -0.1) is 0 Å². The Hall–Kier alpha value is -2.23. The van der Waals surface area contributed by atoms with Crippen LogP contribution in [0, 0.1) is 5.92 Å². The summed E-state index contributed by atoms with van der Waals surface area (Å²) in [6.45, 7) is -0.239. The lowest BCUT2D eigenvalue weighted by atomic mass is 10.1. The maximum absolute atomic E-state index is 13.8. The van der Waals surface area contributed by atoms with Crippen molar-refractivity contribution >= 4 is 33.0 Å². The number of amides is 2. The van der Waals surface area contributed by atoms with E-state index in [0.29, 0.717) is 11.4 Å². The first-order chi connectivity index (χ1) is 13.6. The molecule has 0 radical (unpaired) electrons. The van der Waals surface area contributed by atoms with Gasteiger partial charge < -0.3 is 15.1 Å². The monoisotopic (exact) mass is 427 g/mol. The van der Waals surface area contributed by atoms with Crippen LogP contribution in [-0.4, -0.2) is 68.7 Å². The Labute approximate surface area is 168 Å². The molecule has 7 nitrogen and oxygen atoms in total. The number of hydrogen-bond acceptors (Lipinski definition) is 5. The second-order valence-electron chi connectivity index (χ2n) is 7.97. The van der Waals surface area contributed by atoms with Gasteiger partial charge in [-0.2, -0.15) is 0 Å². The summed E-state index contributed by atoms with van der Waals surface area (Å²) in [6.07, 6.45) is 1.37. The second kappa shape index (κ2) is 7.23. The van der Waals surface area contributed by atoms with Crippen LogP contribution >= 0.6 is 0 Å². The number of carbonyl (C=O) groups is 2. The molecule has 2 amide bonds. The highest BCUT2D eigenvalue weighted by molar-refractivity contribution is 7.91. The van der Waals surface area contributed by atoms with Crippen molar-refractivity contribution in [3.05, 3.63) is 23.8 Å². The zero-order chi connectivity index (χ0) is 20.8. The molecule has 2 saturated heterocycles. The summed E-state index contributed by atoms with van der Waals surface area (Å²) >= 11 is 0. The number of nitrogens with one attached hydrogen (secondary N) is 1. The van der Waals surface area contributed by atoms with Crippen LogP contribution in [0.25, 0.3) is 0 Å². The summed E-state index contributed by atoms with van der Waals surface area (Å²) in [6, 6.07) is 4.68. The molecule has 0 aromatic heterocycles. The van der Waals surface area contributed by atoms with Gasteiger partial charge >= 0.3 is 0 Å². The number of carbonyl (C=O) groups excluding carboxylic acids is 2. The van der Waals surface area contributed by atoms with E-state index in [1.807, 2.05) is 0 Å². The van der Waals surface area contributed by atoms with Gasteiger partial charge in [0.05, 0.1) is 29.3 Å². The first-order valence-electron chi connectivity index (χ1n) is 9.71. The van der Waals surface area contributed by atoms with Gasteiger partial charge in [0.15, 0.2) is 9.84 Å². The van der Waals surface area contributed by atoms with E-state index in [4.69, 9.17) is 0 Å². The first kappa shape index (κ1) is 20.1. The van der Waals surface area contributed by atoms with Crippen molar-refractivity contribution in [2.45, 2.75) is 25.2 Å². The van der Waals surface area contributed by atoms with Crippen LogP contribution in [0.15, 0.2) is 18.2 Å². The number of sulfone groups is 1. The van der Waals surface area contributed by atoms with E-state index in [2.05, 4.69) is 5.32 Å². The van der Waals surface area contributed by atoms with Gasteiger partial charge in [0.2, 0.25) is 5.91 Å². The molecule has 2 aliphatic heterocycles. The summed E-state index contributed by atoms with van der Waals surface area (Å²) in [5.74, 6) is -3.55. The summed E-state index contributed by atoms with van der Waals surface area (Å²) in [4.78, 5) is 28.0. The maximum Gasteiger partial charge on any atom is 0.266 e. The number of benzene rings is 1. The second-order valence-corrected chi connectivity index (χ2v) is 10.3. The van der Waals surface area contributed by atoms with Crippen LogP contribution in [0.4, 0.5) is 20.2 Å². The lowest BCUT2D eigenvalue weighted by molar-refractivity contribution is -0.117. The molecule has 0 unspecified atom stereocenters. The van der Waals surface area contributed by atoms with Crippen LogP contribution in [-0.2, 0) is 14.6 Å². The van der Waals surface area contributed by atoms with Gasteiger partial charge in [-0.3, -0.25) is 9.59 Å². The molecular formula is C19H23F2N3O4S. The van der Waals surface area contributed by atoms with Crippen LogP contribution < -0.4 is 10.2 Å². The molecule has 1 saturated carbocycles. The van der Waals surface area contributed by atoms with E-state index >= 15 is 0 Å². The van der Waals surface area contributed by atoms with Crippen LogP contribution in [0.1, 0.15) is 29.6 Å². The molecule has 1 aromatic carbocycles. The van der Waals surface area contributed by atoms with Crippen LogP contribution in [0.2, 0.25) is 0 Å². The average Bonchev–Trinajstić information content (AvgIpc) is 3.44. The molecule has 10 heteroatoms. The van der Waals surface area contributed by atoms with E-state index < -0.39 is 22.3 Å². The Balaban J connectivity index is 1.61. The number of hydrogen-bond donors (Lipinski definition) is 1. The van der Waals surface area contributed by atoms with E-state index in [1.54, 1.807) is 12.1 Å². The van der Waals surface area contributed by atoms with Gasteiger partial charge in [-0.25, -0.2) is 17.2 Å².